The molecule has 1 aliphatic rings. The Labute approximate surface area is 167 Å². The Hall–Kier alpha value is -1.84. The maximum absolute atomic E-state index is 12.9. The van der Waals surface area contributed by atoms with Crippen molar-refractivity contribution in [1.29, 1.82) is 0 Å². The minimum absolute atomic E-state index is 0.0345. The average Bonchev–Trinajstić information content (AvgIpc) is 3.13. The van der Waals surface area contributed by atoms with E-state index in [1.54, 1.807) is 24.3 Å². The fourth-order valence-corrected chi connectivity index (χ4v) is 4.87. The van der Waals surface area contributed by atoms with Crippen molar-refractivity contribution >= 4 is 9.84 Å². The highest BCUT2D eigenvalue weighted by Gasteiger charge is 2.29. The first-order valence-electron chi connectivity index (χ1n) is 9.96. The van der Waals surface area contributed by atoms with Crippen LogP contribution in [-0.4, -0.2) is 71.1 Å². The largest absolute Gasteiger partial charge is 0.301 e. The Morgan fingerprint density at radius 2 is 1.75 bits per heavy atom. The Morgan fingerprint density at radius 3 is 2.36 bits per heavy atom. The number of tetrazole rings is 1. The van der Waals surface area contributed by atoms with Crippen molar-refractivity contribution in [2.45, 2.75) is 50.4 Å². The van der Waals surface area contributed by atoms with Gasteiger partial charge in [0.25, 0.3) is 0 Å². The molecule has 1 fully saturated rings. The lowest BCUT2D eigenvalue weighted by atomic mass is 10.1. The first-order chi connectivity index (χ1) is 13.4. The lowest BCUT2D eigenvalue weighted by Gasteiger charge is -2.38. The van der Waals surface area contributed by atoms with Crippen LogP contribution in [-0.2, 0) is 15.7 Å². The molecule has 0 N–H and O–H groups in total. The van der Waals surface area contributed by atoms with Gasteiger partial charge in [-0.25, -0.2) is 13.1 Å². The van der Waals surface area contributed by atoms with E-state index >= 15 is 0 Å². The molecule has 154 valence electrons. The summed E-state index contributed by atoms with van der Waals surface area (Å²) >= 11 is 0. The molecule has 1 aliphatic heterocycles. The molecule has 1 aromatic heterocycles. The standard InChI is InChI=1S/C19H30N6O2S/c1-4-6-18(24-13-11-23(5-2)12-14-24)19-20-21-22-25(19)15-28(26,27)17-9-7-16(3)8-10-17/h7-10,18H,4-6,11-15H2,1-3H3/t18-/m1/s1. The molecule has 2 aromatic rings. The van der Waals surface area contributed by atoms with Crippen molar-refractivity contribution in [3.05, 3.63) is 35.7 Å². The maximum atomic E-state index is 12.9. The van der Waals surface area contributed by atoms with Crippen molar-refractivity contribution in [1.82, 2.24) is 30.0 Å². The lowest BCUT2D eigenvalue weighted by molar-refractivity contribution is 0.0891. The highest BCUT2D eigenvalue weighted by atomic mass is 32.2. The number of benzene rings is 1. The van der Waals surface area contributed by atoms with Crippen molar-refractivity contribution in [3.8, 4) is 0 Å². The number of hydrogen-bond donors (Lipinski definition) is 0. The molecular formula is C19H30N6O2S. The van der Waals surface area contributed by atoms with E-state index in [2.05, 4.69) is 39.2 Å². The SMILES string of the molecule is CCC[C@H](c1nnnn1CS(=O)(=O)c1ccc(C)cc1)N1CCN(CC)CC1. The van der Waals surface area contributed by atoms with Crippen molar-refractivity contribution in [3.63, 3.8) is 0 Å². The van der Waals surface area contributed by atoms with Crippen LogP contribution < -0.4 is 0 Å². The van der Waals surface area contributed by atoms with E-state index in [-0.39, 0.29) is 11.9 Å². The molecule has 0 saturated carbocycles. The van der Waals surface area contributed by atoms with Gasteiger partial charge in [0.1, 0.15) is 0 Å². The van der Waals surface area contributed by atoms with Crippen LogP contribution >= 0.6 is 0 Å². The molecule has 8 nitrogen and oxygen atoms in total. The van der Waals surface area contributed by atoms with E-state index in [4.69, 9.17) is 0 Å². The zero-order valence-corrected chi connectivity index (χ0v) is 17.8. The molecule has 0 aliphatic carbocycles. The zero-order valence-electron chi connectivity index (χ0n) is 17.0. The second kappa shape index (κ2) is 9.11. The number of aryl methyl sites for hydroxylation is 1. The van der Waals surface area contributed by atoms with Gasteiger partial charge in [-0.15, -0.1) is 5.10 Å². The highest BCUT2D eigenvalue weighted by Crippen LogP contribution is 2.26. The number of likely N-dealkylation sites (N-methyl/N-ethyl adjacent to an activating group) is 1. The highest BCUT2D eigenvalue weighted by molar-refractivity contribution is 7.90. The zero-order chi connectivity index (χ0) is 20.1. The van der Waals surface area contributed by atoms with Crippen LogP contribution in [0.4, 0.5) is 0 Å². The van der Waals surface area contributed by atoms with Crippen LogP contribution in [0.1, 0.15) is 44.1 Å². The summed E-state index contributed by atoms with van der Waals surface area (Å²) in [6, 6.07) is 6.93. The van der Waals surface area contributed by atoms with Gasteiger partial charge in [0.15, 0.2) is 21.5 Å². The third-order valence-corrected chi connectivity index (χ3v) is 6.96. The summed E-state index contributed by atoms with van der Waals surface area (Å²) in [5.41, 5.74) is 1.02. The summed E-state index contributed by atoms with van der Waals surface area (Å²) in [5.74, 6) is 0.399. The van der Waals surface area contributed by atoms with Crippen molar-refractivity contribution in [2.24, 2.45) is 0 Å². The number of hydrogen-bond acceptors (Lipinski definition) is 7. The third kappa shape index (κ3) is 4.76. The molecule has 1 saturated heterocycles. The van der Waals surface area contributed by atoms with Gasteiger partial charge in [0, 0.05) is 26.2 Å². The first kappa shape index (κ1) is 20.9. The second-order valence-electron chi connectivity index (χ2n) is 7.37. The second-order valence-corrected chi connectivity index (χ2v) is 9.33. The quantitative estimate of drug-likeness (QED) is 0.662. The van der Waals surface area contributed by atoms with E-state index in [1.165, 1.54) is 4.68 Å². The minimum Gasteiger partial charge on any atom is -0.301 e. The summed E-state index contributed by atoms with van der Waals surface area (Å²) < 4.78 is 27.2. The van der Waals surface area contributed by atoms with Crippen molar-refractivity contribution in [2.75, 3.05) is 32.7 Å². The van der Waals surface area contributed by atoms with Crippen LogP contribution in [0.2, 0.25) is 0 Å². The third-order valence-electron chi connectivity index (χ3n) is 5.39. The summed E-state index contributed by atoms with van der Waals surface area (Å²) in [7, 11) is -3.52. The van der Waals surface area contributed by atoms with Gasteiger partial charge in [0.05, 0.1) is 10.9 Å². The summed E-state index contributed by atoms with van der Waals surface area (Å²) in [6.07, 6.45) is 1.88. The smallest absolute Gasteiger partial charge is 0.198 e. The molecule has 28 heavy (non-hydrogen) atoms. The number of nitrogens with zero attached hydrogens (tertiary/aromatic N) is 6. The molecular weight excluding hydrogens is 376 g/mol. The van der Waals surface area contributed by atoms with Crippen molar-refractivity contribution < 1.29 is 8.42 Å². The predicted molar refractivity (Wildman–Crippen MR) is 108 cm³/mol. The number of rotatable bonds is 8. The Kier molecular flexibility index (Phi) is 6.79. The topological polar surface area (TPSA) is 84.2 Å². The number of piperazine rings is 1. The fraction of sp³-hybridized carbons (Fsp3) is 0.632. The number of aromatic nitrogens is 4. The van der Waals surface area contributed by atoms with E-state index in [1.807, 2.05) is 6.92 Å². The van der Waals surface area contributed by atoms with E-state index in [0.717, 1.165) is 51.1 Å². The Balaban J connectivity index is 1.81. The molecule has 0 bridgehead atoms. The molecule has 0 spiro atoms. The van der Waals surface area contributed by atoms with Crippen LogP contribution in [0.5, 0.6) is 0 Å². The predicted octanol–water partition coefficient (Wildman–Crippen LogP) is 1.89. The van der Waals surface area contributed by atoms with Crippen LogP contribution in [0.25, 0.3) is 0 Å². The summed E-state index contributed by atoms with van der Waals surface area (Å²) in [5, 5.41) is 12.0. The van der Waals surface area contributed by atoms with Gasteiger partial charge in [-0.05, 0) is 42.4 Å². The normalized spacial score (nSPS) is 17.7. The van der Waals surface area contributed by atoms with Gasteiger partial charge < -0.3 is 4.90 Å². The molecule has 0 radical (unpaired) electrons. The Bertz CT molecular complexity index is 857. The number of sulfone groups is 1. The van der Waals surface area contributed by atoms with Gasteiger partial charge in [0.2, 0.25) is 0 Å². The van der Waals surface area contributed by atoms with Gasteiger partial charge in [-0.3, -0.25) is 4.90 Å². The molecule has 3 rings (SSSR count). The monoisotopic (exact) mass is 406 g/mol. The average molecular weight is 407 g/mol. The molecule has 1 atom stereocenters. The fourth-order valence-electron chi connectivity index (χ4n) is 3.66. The van der Waals surface area contributed by atoms with Gasteiger partial charge in [-0.2, -0.15) is 0 Å². The van der Waals surface area contributed by atoms with E-state index in [9.17, 15) is 8.42 Å². The van der Waals surface area contributed by atoms with Crippen LogP contribution in [0.15, 0.2) is 29.2 Å². The summed E-state index contributed by atoms with van der Waals surface area (Å²) in [4.78, 5) is 5.10. The molecule has 2 heterocycles. The molecule has 0 unspecified atom stereocenters. The summed E-state index contributed by atoms with van der Waals surface area (Å²) in [6.45, 7) is 11.2. The molecule has 0 amide bonds. The van der Waals surface area contributed by atoms with Gasteiger partial charge >= 0.3 is 0 Å². The molecule has 1 aromatic carbocycles. The Morgan fingerprint density at radius 1 is 1.07 bits per heavy atom. The first-order valence-corrected chi connectivity index (χ1v) is 11.6. The lowest BCUT2D eigenvalue weighted by Crippen LogP contribution is -2.47. The maximum Gasteiger partial charge on any atom is 0.198 e. The van der Waals surface area contributed by atoms with E-state index in [0.29, 0.717) is 10.7 Å². The molecule has 9 heteroatoms. The minimum atomic E-state index is -3.52. The van der Waals surface area contributed by atoms with Gasteiger partial charge in [-0.1, -0.05) is 38.0 Å². The van der Waals surface area contributed by atoms with Crippen LogP contribution in [0, 0.1) is 6.92 Å². The van der Waals surface area contributed by atoms with Crippen LogP contribution in [0.3, 0.4) is 0 Å². The van der Waals surface area contributed by atoms with E-state index < -0.39 is 9.84 Å².